The summed E-state index contributed by atoms with van der Waals surface area (Å²) in [5, 5.41) is 3.91. The zero-order valence-corrected chi connectivity index (χ0v) is 10.8. The Kier molecular flexibility index (Phi) is 3.38. The predicted molar refractivity (Wildman–Crippen MR) is 66.8 cm³/mol. The minimum absolute atomic E-state index is 0.231. The lowest BCUT2D eigenvalue weighted by atomic mass is 9.89. The highest BCUT2D eigenvalue weighted by atomic mass is 16.5. The molecule has 96 valence electrons. The van der Waals surface area contributed by atoms with Crippen molar-refractivity contribution in [3.8, 4) is 11.6 Å². The third-order valence-electron chi connectivity index (χ3n) is 2.76. The second kappa shape index (κ2) is 4.81. The van der Waals surface area contributed by atoms with Crippen molar-refractivity contribution < 1.29 is 4.52 Å². The molecule has 0 atom stereocenters. The summed E-state index contributed by atoms with van der Waals surface area (Å²) in [6.45, 7) is 6.54. The van der Waals surface area contributed by atoms with E-state index in [9.17, 15) is 0 Å². The molecule has 0 aromatic carbocycles. The van der Waals surface area contributed by atoms with Crippen molar-refractivity contribution in [1.29, 1.82) is 0 Å². The van der Waals surface area contributed by atoms with Gasteiger partial charge in [-0.25, -0.2) is 9.97 Å². The number of hydrogen-bond donors (Lipinski definition) is 1. The number of nitrogens with zero attached hydrogens (tertiary/aromatic N) is 4. The van der Waals surface area contributed by atoms with Crippen LogP contribution in [0.1, 0.15) is 31.7 Å². The molecule has 0 spiro atoms. The van der Waals surface area contributed by atoms with Crippen molar-refractivity contribution in [3.63, 3.8) is 0 Å². The summed E-state index contributed by atoms with van der Waals surface area (Å²) >= 11 is 0. The van der Waals surface area contributed by atoms with E-state index < -0.39 is 0 Å². The van der Waals surface area contributed by atoms with Gasteiger partial charge < -0.3 is 10.3 Å². The van der Waals surface area contributed by atoms with Gasteiger partial charge in [0, 0.05) is 17.8 Å². The monoisotopic (exact) mass is 247 g/mol. The molecule has 0 amide bonds. The van der Waals surface area contributed by atoms with Gasteiger partial charge in [0.2, 0.25) is 17.5 Å². The molecule has 18 heavy (non-hydrogen) atoms. The molecule has 6 nitrogen and oxygen atoms in total. The summed E-state index contributed by atoms with van der Waals surface area (Å²) in [6.07, 6.45) is 4.23. The van der Waals surface area contributed by atoms with E-state index in [2.05, 4.69) is 20.1 Å². The average molecular weight is 247 g/mol. The third kappa shape index (κ3) is 2.53. The van der Waals surface area contributed by atoms with Crippen LogP contribution in [0.15, 0.2) is 16.9 Å². The van der Waals surface area contributed by atoms with E-state index in [0.29, 0.717) is 24.1 Å². The van der Waals surface area contributed by atoms with Crippen molar-refractivity contribution >= 4 is 0 Å². The van der Waals surface area contributed by atoms with Crippen LogP contribution >= 0.6 is 0 Å². The maximum atomic E-state index is 5.57. The molecule has 2 heterocycles. The first kappa shape index (κ1) is 12.6. The molecule has 2 N–H and O–H groups in total. The summed E-state index contributed by atoms with van der Waals surface area (Å²) in [4.78, 5) is 12.7. The summed E-state index contributed by atoms with van der Waals surface area (Å²) in [5.74, 6) is 1.45. The van der Waals surface area contributed by atoms with Gasteiger partial charge in [0.25, 0.3) is 0 Å². The van der Waals surface area contributed by atoms with Crippen molar-refractivity contribution in [3.05, 3.63) is 23.8 Å². The SMILES string of the molecule is Cc1cnc(-c2noc(C(C)(C)CCN)n2)nc1. The molecule has 0 aliphatic heterocycles. The first-order chi connectivity index (χ1) is 8.53. The molecule has 2 rings (SSSR count). The molecule has 0 saturated heterocycles. The Morgan fingerprint density at radius 1 is 1.22 bits per heavy atom. The van der Waals surface area contributed by atoms with Crippen molar-refractivity contribution in [1.82, 2.24) is 20.1 Å². The Morgan fingerprint density at radius 2 is 1.89 bits per heavy atom. The van der Waals surface area contributed by atoms with E-state index in [1.165, 1.54) is 0 Å². The normalized spacial score (nSPS) is 11.8. The minimum atomic E-state index is -0.231. The fraction of sp³-hybridized carbons (Fsp3) is 0.500. The lowest BCUT2D eigenvalue weighted by molar-refractivity contribution is 0.298. The van der Waals surface area contributed by atoms with E-state index in [4.69, 9.17) is 10.3 Å². The molecule has 0 bridgehead atoms. The second-order valence-electron chi connectivity index (χ2n) is 4.93. The molecule has 0 saturated carbocycles. The van der Waals surface area contributed by atoms with Crippen LogP contribution < -0.4 is 5.73 Å². The largest absolute Gasteiger partial charge is 0.338 e. The smallest absolute Gasteiger partial charge is 0.240 e. The van der Waals surface area contributed by atoms with Crippen molar-refractivity contribution in [2.75, 3.05) is 6.54 Å². The number of aryl methyl sites for hydroxylation is 1. The highest BCUT2D eigenvalue weighted by Crippen LogP contribution is 2.26. The molecule has 0 unspecified atom stereocenters. The van der Waals surface area contributed by atoms with Crippen LogP contribution in [0.4, 0.5) is 0 Å². The van der Waals surface area contributed by atoms with Crippen LogP contribution in [-0.2, 0) is 5.41 Å². The van der Waals surface area contributed by atoms with Gasteiger partial charge in [0.1, 0.15) is 0 Å². The number of rotatable bonds is 4. The Hall–Kier alpha value is -1.82. The Morgan fingerprint density at radius 3 is 2.50 bits per heavy atom. The van der Waals surface area contributed by atoms with Gasteiger partial charge in [-0.1, -0.05) is 19.0 Å². The molecule has 0 fully saturated rings. The molecular formula is C12H17N5O. The van der Waals surface area contributed by atoms with Crippen LogP contribution in [-0.4, -0.2) is 26.7 Å². The lowest BCUT2D eigenvalue weighted by Gasteiger charge is -2.17. The topological polar surface area (TPSA) is 90.7 Å². The Bertz CT molecular complexity index is 518. The average Bonchev–Trinajstić information content (AvgIpc) is 2.80. The fourth-order valence-electron chi connectivity index (χ4n) is 1.57. The Labute approximate surface area is 106 Å². The lowest BCUT2D eigenvalue weighted by Crippen LogP contribution is -2.22. The molecule has 2 aromatic heterocycles. The number of nitrogens with two attached hydrogens (primary N) is 1. The Balaban J connectivity index is 2.28. The van der Waals surface area contributed by atoms with Gasteiger partial charge in [0.15, 0.2) is 0 Å². The molecule has 6 heteroatoms. The van der Waals surface area contributed by atoms with E-state index in [-0.39, 0.29) is 5.41 Å². The second-order valence-corrected chi connectivity index (χ2v) is 4.93. The maximum Gasteiger partial charge on any atom is 0.240 e. The van der Waals surface area contributed by atoms with Crippen LogP contribution in [0.3, 0.4) is 0 Å². The summed E-state index contributed by atoms with van der Waals surface area (Å²) in [6, 6.07) is 0. The number of aromatic nitrogens is 4. The highest BCUT2D eigenvalue weighted by Gasteiger charge is 2.27. The standard InChI is InChI=1S/C12H17N5O/c1-8-6-14-9(15-7-8)10-16-11(18-17-10)12(2,3)4-5-13/h6-7H,4-5,13H2,1-3H3. The van der Waals surface area contributed by atoms with E-state index in [0.717, 1.165) is 12.0 Å². The van der Waals surface area contributed by atoms with Gasteiger partial charge >= 0.3 is 0 Å². The van der Waals surface area contributed by atoms with Gasteiger partial charge in [0.05, 0.1) is 0 Å². The molecule has 0 radical (unpaired) electrons. The van der Waals surface area contributed by atoms with Gasteiger partial charge in [-0.3, -0.25) is 0 Å². The van der Waals surface area contributed by atoms with Crippen LogP contribution in [0.5, 0.6) is 0 Å². The zero-order chi connectivity index (χ0) is 13.2. The molecule has 2 aromatic rings. The summed E-state index contributed by atoms with van der Waals surface area (Å²) in [7, 11) is 0. The third-order valence-corrected chi connectivity index (χ3v) is 2.76. The van der Waals surface area contributed by atoms with E-state index >= 15 is 0 Å². The first-order valence-electron chi connectivity index (χ1n) is 5.86. The quantitative estimate of drug-likeness (QED) is 0.879. The molecule has 0 aliphatic rings. The molecular weight excluding hydrogens is 230 g/mol. The maximum absolute atomic E-state index is 5.57. The van der Waals surface area contributed by atoms with Gasteiger partial charge in [-0.05, 0) is 25.5 Å². The van der Waals surface area contributed by atoms with Crippen molar-refractivity contribution in [2.24, 2.45) is 5.73 Å². The minimum Gasteiger partial charge on any atom is -0.338 e. The van der Waals surface area contributed by atoms with Crippen LogP contribution in [0.2, 0.25) is 0 Å². The predicted octanol–water partition coefficient (Wildman–Crippen LogP) is 1.46. The summed E-state index contributed by atoms with van der Waals surface area (Å²) < 4.78 is 5.27. The van der Waals surface area contributed by atoms with Crippen molar-refractivity contribution in [2.45, 2.75) is 32.6 Å². The van der Waals surface area contributed by atoms with Gasteiger partial charge in [-0.2, -0.15) is 4.98 Å². The zero-order valence-electron chi connectivity index (χ0n) is 10.8. The molecule has 0 aliphatic carbocycles. The van der Waals surface area contributed by atoms with E-state index in [1.807, 2.05) is 20.8 Å². The van der Waals surface area contributed by atoms with E-state index in [1.54, 1.807) is 12.4 Å². The number of hydrogen-bond acceptors (Lipinski definition) is 6. The summed E-state index contributed by atoms with van der Waals surface area (Å²) in [5.41, 5.74) is 6.33. The highest BCUT2D eigenvalue weighted by molar-refractivity contribution is 5.41. The first-order valence-corrected chi connectivity index (χ1v) is 5.86. The van der Waals surface area contributed by atoms with Crippen LogP contribution in [0, 0.1) is 6.92 Å². The van der Waals surface area contributed by atoms with Gasteiger partial charge in [-0.15, -0.1) is 0 Å². The fourth-order valence-corrected chi connectivity index (χ4v) is 1.57. The van der Waals surface area contributed by atoms with Crippen LogP contribution in [0.25, 0.3) is 11.6 Å².